The number of benzene rings is 1. The zero-order chi connectivity index (χ0) is 11.3. The van der Waals surface area contributed by atoms with Gasteiger partial charge >= 0.3 is 5.97 Å². The van der Waals surface area contributed by atoms with Crippen molar-refractivity contribution in [3.8, 4) is 0 Å². The molecule has 0 bridgehead atoms. The lowest BCUT2D eigenvalue weighted by molar-refractivity contribution is -0.136. The minimum atomic E-state index is -0.987. The van der Waals surface area contributed by atoms with Gasteiger partial charge in [0, 0.05) is 5.56 Å². The van der Waals surface area contributed by atoms with E-state index in [1.54, 1.807) is 12.1 Å². The molecule has 0 spiro atoms. The van der Waals surface area contributed by atoms with Crippen molar-refractivity contribution < 1.29 is 14.3 Å². The molecule has 0 aliphatic rings. The zero-order valence-electron chi connectivity index (χ0n) is 8.44. The van der Waals surface area contributed by atoms with Crippen LogP contribution in [0.4, 0.5) is 4.39 Å². The summed E-state index contributed by atoms with van der Waals surface area (Å²) in [5, 5.41) is 8.19. The van der Waals surface area contributed by atoms with Crippen molar-refractivity contribution >= 4 is 17.7 Å². The van der Waals surface area contributed by atoms with Gasteiger partial charge in [-0.15, -0.1) is 11.8 Å². The molecule has 82 valence electrons. The molecule has 1 N–H and O–H groups in total. The average molecular weight is 228 g/mol. The first-order chi connectivity index (χ1) is 7.16. The Bertz CT molecular complexity index is 341. The maximum atomic E-state index is 13.4. The Morgan fingerprint density at radius 2 is 2.20 bits per heavy atom. The predicted molar refractivity (Wildman–Crippen MR) is 59.5 cm³/mol. The van der Waals surface area contributed by atoms with E-state index in [4.69, 9.17) is 5.11 Å². The van der Waals surface area contributed by atoms with E-state index >= 15 is 0 Å². The van der Waals surface area contributed by atoms with Crippen molar-refractivity contribution in [1.29, 1.82) is 0 Å². The molecule has 0 aliphatic heterocycles. The molecule has 1 aromatic carbocycles. The lowest BCUT2D eigenvalue weighted by Gasteiger charge is -2.12. The monoisotopic (exact) mass is 228 g/mol. The summed E-state index contributed by atoms with van der Waals surface area (Å²) in [5.41, 5.74) is 0.253. The molecule has 15 heavy (non-hydrogen) atoms. The number of carboxylic acids is 1. The van der Waals surface area contributed by atoms with Crippen molar-refractivity contribution in [3.05, 3.63) is 35.6 Å². The van der Waals surface area contributed by atoms with E-state index in [9.17, 15) is 9.18 Å². The van der Waals surface area contributed by atoms with Gasteiger partial charge in [-0.3, -0.25) is 4.79 Å². The SMILES string of the molecule is CCCSC(C(=O)O)c1ccccc1F. The topological polar surface area (TPSA) is 37.3 Å². The summed E-state index contributed by atoms with van der Waals surface area (Å²) >= 11 is 1.26. The van der Waals surface area contributed by atoms with Gasteiger partial charge in [0.1, 0.15) is 11.1 Å². The highest BCUT2D eigenvalue weighted by atomic mass is 32.2. The molecule has 1 unspecified atom stereocenters. The van der Waals surface area contributed by atoms with Crippen LogP contribution >= 0.6 is 11.8 Å². The molecule has 1 rings (SSSR count). The highest BCUT2D eigenvalue weighted by molar-refractivity contribution is 8.00. The number of aliphatic carboxylic acids is 1. The molecule has 0 radical (unpaired) electrons. The maximum Gasteiger partial charge on any atom is 0.321 e. The van der Waals surface area contributed by atoms with E-state index in [0.29, 0.717) is 5.75 Å². The van der Waals surface area contributed by atoms with Crippen LogP contribution in [-0.2, 0) is 4.79 Å². The summed E-state index contributed by atoms with van der Waals surface area (Å²) < 4.78 is 13.4. The van der Waals surface area contributed by atoms with E-state index in [-0.39, 0.29) is 5.56 Å². The molecule has 0 aliphatic carbocycles. The largest absolute Gasteiger partial charge is 0.480 e. The van der Waals surface area contributed by atoms with Crippen LogP contribution in [0, 0.1) is 5.82 Å². The van der Waals surface area contributed by atoms with Crippen LogP contribution in [0.3, 0.4) is 0 Å². The third kappa shape index (κ3) is 3.23. The van der Waals surface area contributed by atoms with Gasteiger partial charge in [-0.25, -0.2) is 4.39 Å². The fourth-order valence-electron chi connectivity index (χ4n) is 1.22. The second-order valence-corrected chi connectivity index (χ2v) is 4.32. The normalized spacial score (nSPS) is 12.4. The Balaban J connectivity index is 2.89. The van der Waals surface area contributed by atoms with Gasteiger partial charge in [0.05, 0.1) is 0 Å². The van der Waals surface area contributed by atoms with E-state index in [1.165, 1.54) is 23.9 Å². The summed E-state index contributed by atoms with van der Waals surface area (Å²) in [5.74, 6) is -0.724. The summed E-state index contributed by atoms with van der Waals surface area (Å²) in [6.45, 7) is 1.97. The van der Waals surface area contributed by atoms with Gasteiger partial charge in [0.2, 0.25) is 0 Å². The van der Waals surface area contributed by atoms with Crippen molar-refractivity contribution in [2.45, 2.75) is 18.6 Å². The number of hydrogen-bond acceptors (Lipinski definition) is 2. The summed E-state index contributed by atoms with van der Waals surface area (Å²) in [4.78, 5) is 11.0. The first-order valence-electron chi connectivity index (χ1n) is 4.75. The first-order valence-corrected chi connectivity index (χ1v) is 5.80. The number of carbonyl (C=O) groups is 1. The second kappa shape index (κ2) is 5.75. The molecule has 0 heterocycles. The maximum absolute atomic E-state index is 13.4. The van der Waals surface area contributed by atoms with Crippen LogP contribution in [0.25, 0.3) is 0 Å². The van der Waals surface area contributed by atoms with Gasteiger partial charge in [-0.2, -0.15) is 0 Å². The molecule has 0 saturated carbocycles. The van der Waals surface area contributed by atoms with Crippen molar-refractivity contribution in [2.24, 2.45) is 0 Å². The van der Waals surface area contributed by atoms with Gasteiger partial charge in [0.25, 0.3) is 0 Å². The predicted octanol–water partition coefficient (Wildman–Crippen LogP) is 3.09. The number of rotatable bonds is 5. The van der Waals surface area contributed by atoms with Gasteiger partial charge < -0.3 is 5.11 Å². The Labute approximate surface area is 92.5 Å². The molecule has 0 aromatic heterocycles. The van der Waals surface area contributed by atoms with Gasteiger partial charge in [0.15, 0.2) is 0 Å². The third-order valence-electron chi connectivity index (χ3n) is 1.90. The minimum absolute atomic E-state index is 0.253. The van der Waals surface area contributed by atoms with Crippen molar-refractivity contribution in [2.75, 3.05) is 5.75 Å². The lowest BCUT2D eigenvalue weighted by Crippen LogP contribution is -2.10. The Morgan fingerprint density at radius 3 is 2.73 bits per heavy atom. The van der Waals surface area contributed by atoms with Crippen molar-refractivity contribution in [3.63, 3.8) is 0 Å². The molecular weight excluding hydrogens is 215 g/mol. The summed E-state index contributed by atoms with van der Waals surface area (Å²) in [6.07, 6.45) is 0.878. The van der Waals surface area contributed by atoms with E-state index in [0.717, 1.165) is 6.42 Å². The molecule has 0 saturated heterocycles. The summed E-state index contributed by atoms with van der Waals surface area (Å²) in [6, 6.07) is 6.03. The van der Waals surface area contributed by atoms with Crippen LogP contribution in [0.2, 0.25) is 0 Å². The molecule has 2 nitrogen and oxygen atoms in total. The number of thioether (sulfide) groups is 1. The van der Waals surface area contributed by atoms with Crippen LogP contribution in [0.5, 0.6) is 0 Å². The second-order valence-electron chi connectivity index (χ2n) is 3.11. The smallest absolute Gasteiger partial charge is 0.321 e. The molecular formula is C11H13FO2S. The quantitative estimate of drug-likeness (QED) is 0.841. The first kappa shape index (κ1) is 12.0. The molecule has 0 amide bonds. The minimum Gasteiger partial charge on any atom is -0.480 e. The lowest BCUT2D eigenvalue weighted by atomic mass is 10.1. The zero-order valence-corrected chi connectivity index (χ0v) is 9.26. The average Bonchev–Trinajstić information content (AvgIpc) is 2.20. The van der Waals surface area contributed by atoms with E-state index in [2.05, 4.69) is 0 Å². The number of hydrogen-bond donors (Lipinski definition) is 1. The molecule has 1 aromatic rings. The Kier molecular flexibility index (Phi) is 4.62. The summed E-state index contributed by atoms with van der Waals surface area (Å²) in [7, 11) is 0. The van der Waals surface area contributed by atoms with E-state index in [1.807, 2.05) is 6.92 Å². The van der Waals surface area contributed by atoms with E-state index < -0.39 is 17.0 Å². The van der Waals surface area contributed by atoms with Crippen molar-refractivity contribution in [1.82, 2.24) is 0 Å². The van der Waals surface area contributed by atoms with Gasteiger partial charge in [-0.05, 0) is 18.2 Å². The highest BCUT2D eigenvalue weighted by Gasteiger charge is 2.22. The van der Waals surface area contributed by atoms with Crippen LogP contribution < -0.4 is 0 Å². The fourth-order valence-corrected chi connectivity index (χ4v) is 2.20. The van der Waals surface area contributed by atoms with Crippen LogP contribution in [0.15, 0.2) is 24.3 Å². The number of halogens is 1. The molecule has 0 fully saturated rings. The van der Waals surface area contributed by atoms with Crippen LogP contribution in [0.1, 0.15) is 24.2 Å². The molecule has 4 heteroatoms. The van der Waals surface area contributed by atoms with Crippen LogP contribution in [-0.4, -0.2) is 16.8 Å². The van der Waals surface area contributed by atoms with Gasteiger partial charge in [-0.1, -0.05) is 25.1 Å². The highest BCUT2D eigenvalue weighted by Crippen LogP contribution is 2.31. The number of carboxylic acid groups (broad SMARTS) is 1. The Hall–Kier alpha value is -1.03. The standard InChI is InChI=1S/C11H13FO2S/c1-2-7-15-10(11(13)14)8-5-3-4-6-9(8)12/h3-6,10H,2,7H2,1H3,(H,13,14). The Morgan fingerprint density at radius 1 is 1.53 bits per heavy atom. The molecule has 1 atom stereocenters. The third-order valence-corrected chi connectivity index (χ3v) is 3.33. The fraction of sp³-hybridized carbons (Fsp3) is 0.364.